The second-order valence-corrected chi connectivity index (χ2v) is 7.33. The van der Waals surface area contributed by atoms with Crippen LogP contribution in [0.15, 0.2) is 0 Å². The first-order valence-electron chi connectivity index (χ1n) is 9.38. The van der Waals surface area contributed by atoms with Crippen molar-refractivity contribution in [2.45, 2.75) is 57.9 Å². The predicted molar refractivity (Wildman–Crippen MR) is 87.7 cm³/mol. The van der Waals surface area contributed by atoms with Gasteiger partial charge in [-0.05, 0) is 44.4 Å². The fraction of sp³-hybridized carbons (Fsp3) is 0.944. The van der Waals surface area contributed by atoms with Crippen LogP contribution in [-0.2, 0) is 9.53 Å². The average molecular weight is 308 g/mol. The number of rotatable bonds is 3. The normalized spacial score (nSPS) is 32.1. The minimum absolute atomic E-state index is 0.301. The summed E-state index contributed by atoms with van der Waals surface area (Å²) >= 11 is 0. The van der Waals surface area contributed by atoms with Gasteiger partial charge in [0.05, 0.1) is 13.2 Å². The van der Waals surface area contributed by atoms with Gasteiger partial charge in [0, 0.05) is 38.1 Å². The van der Waals surface area contributed by atoms with Gasteiger partial charge in [-0.25, -0.2) is 0 Å². The van der Waals surface area contributed by atoms with Crippen LogP contribution in [0.2, 0.25) is 0 Å². The van der Waals surface area contributed by atoms with Gasteiger partial charge in [0.2, 0.25) is 5.91 Å². The van der Waals surface area contributed by atoms with Crippen LogP contribution in [0.25, 0.3) is 0 Å². The standard InChI is InChI=1S/C18H32N2O2/c1-2-15-7-9-20(10-8-15)18(21)16-3-5-17(6-4-16)19-11-13-22-14-12-19/h15-17H,2-14H2,1H3. The second-order valence-electron chi connectivity index (χ2n) is 7.33. The van der Waals surface area contributed by atoms with Crippen LogP contribution in [0.5, 0.6) is 0 Å². The van der Waals surface area contributed by atoms with Gasteiger partial charge in [0.1, 0.15) is 0 Å². The molecule has 4 heteroatoms. The highest BCUT2D eigenvalue weighted by molar-refractivity contribution is 5.79. The molecule has 2 heterocycles. The fourth-order valence-corrected chi connectivity index (χ4v) is 4.45. The Morgan fingerprint density at radius 3 is 2.18 bits per heavy atom. The van der Waals surface area contributed by atoms with Gasteiger partial charge in [0.25, 0.3) is 0 Å². The van der Waals surface area contributed by atoms with Crippen molar-refractivity contribution >= 4 is 5.91 Å². The number of nitrogens with zero attached hydrogens (tertiary/aromatic N) is 2. The molecule has 1 amide bonds. The molecule has 0 aromatic heterocycles. The molecule has 0 spiro atoms. The van der Waals surface area contributed by atoms with Crippen LogP contribution in [0.3, 0.4) is 0 Å². The maximum atomic E-state index is 12.7. The Balaban J connectivity index is 1.43. The van der Waals surface area contributed by atoms with Gasteiger partial charge in [-0.2, -0.15) is 0 Å². The Hall–Kier alpha value is -0.610. The van der Waals surface area contributed by atoms with Crippen molar-refractivity contribution < 1.29 is 9.53 Å². The summed E-state index contributed by atoms with van der Waals surface area (Å²) in [4.78, 5) is 17.5. The zero-order valence-electron chi connectivity index (χ0n) is 14.1. The van der Waals surface area contributed by atoms with E-state index in [9.17, 15) is 4.79 Å². The average Bonchev–Trinajstić information content (AvgIpc) is 2.62. The van der Waals surface area contributed by atoms with E-state index in [1.54, 1.807) is 0 Å². The molecule has 0 atom stereocenters. The number of piperidine rings is 1. The van der Waals surface area contributed by atoms with E-state index in [4.69, 9.17) is 4.74 Å². The van der Waals surface area contributed by atoms with Crippen LogP contribution in [-0.4, -0.2) is 61.1 Å². The topological polar surface area (TPSA) is 32.8 Å². The number of carbonyl (C=O) groups excluding carboxylic acids is 1. The third kappa shape index (κ3) is 3.83. The van der Waals surface area contributed by atoms with Gasteiger partial charge in [-0.3, -0.25) is 9.69 Å². The molecule has 0 radical (unpaired) electrons. The van der Waals surface area contributed by atoms with Gasteiger partial charge in [0.15, 0.2) is 0 Å². The number of likely N-dealkylation sites (tertiary alicyclic amines) is 1. The summed E-state index contributed by atoms with van der Waals surface area (Å²) in [5.74, 6) is 1.60. The number of morpholine rings is 1. The van der Waals surface area contributed by atoms with Gasteiger partial charge < -0.3 is 9.64 Å². The molecule has 0 aromatic carbocycles. The summed E-state index contributed by atoms with van der Waals surface area (Å²) in [6.07, 6.45) is 8.27. The summed E-state index contributed by atoms with van der Waals surface area (Å²) in [5.41, 5.74) is 0. The maximum absolute atomic E-state index is 12.7. The Labute approximate surface area is 135 Å². The zero-order valence-corrected chi connectivity index (χ0v) is 14.1. The molecule has 0 N–H and O–H groups in total. The minimum Gasteiger partial charge on any atom is -0.379 e. The minimum atomic E-state index is 0.301. The molecule has 0 aromatic rings. The highest BCUT2D eigenvalue weighted by atomic mass is 16.5. The lowest BCUT2D eigenvalue weighted by molar-refractivity contribution is -0.138. The van der Waals surface area contributed by atoms with E-state index in [0.29, 0.717) is 17.9 Å². The molecule has 0 unspecified atom stereocenters. The van der Waals surface area contributed by atoms with Crippen LogP contribution in [0.4, 0.5) is 0 Å². The first-order chi connectivity index (χ1) is 10.8. The third-order valence-corrected chi connectivity index (χ3v) is 6.11. The van der Waals surface area contributed by atoms with Crippen molar-refractivity contribution in [1.29, 1.82) is 0 Å². The number of ether oxygens (including phenoxy) is 1. The number of carbonyl (C=O) groups is 1. The Bertz CT molecular complexity index is 352. The second kappa shape index (κ2) is 7.78. The van der Waals surface area contributed by atoms with E-state index in [1.807, 2.05) is 0 Å². The van der Waals surface area contributed by atoms with E-state index in [-0.39, 0.29) is 0 Å². The van der Waals surface area contributed by atoms with Gasteiger partial charge >= 0.3 is 0 Å². The molecule has 1 saturated carbocycles. The van der Waals surface area contributed by atoms with Crippen LogP contribution < -0.4 is 0 Å². The van der Waals surface area contributed by atoms with Crippen molar-refractivity contribution in [3.05, 3.63) is 0 Å². The summed E-state index contributed by atoms with van der Waals surface area (Å²) < 4.78 is 5.44. The predicted octanol–water partition coefficient (Wildman–Crippen LogP) is 2.53. The summed E-state index contributed by atoms with van der Waals surface area (Å²) in [7, 11) is 0. The Morgan fingerprint density at radius 1 is 0.955 bits per heavy atom. The molecular weight excluding hydrogens is 276 g/mol. The fourth-order valence-electron chi connectivity index (χ4n) is 4.45. The Morgan fingerprint density at radius 2 is 1.59 bits per heavy atom. The van der Waals surface area contributed by atoms with E-state index >= 15 is 0 Å². The third-order valence-electron chi connectivity index (χ3n) is 6.11. The molecule has 126 valence electrons. The van der Waals surface area contributed by atoms with Gasteiger partial charge in [-0.15, -0.1) is 0 Å². The lowest BCUT2D eigenvalue weighted by Gasteiger charge is -2.40. The Kier molecular flexibility index (Phi) is 5.75. The molecular formula is C18H32N2O2. The summed E-state index contributed by atoms with van der Waals surface area (Å²) in [6, 6.07) is 0.693. The number of hydrogen-bond donors (Lipinski definition) is 0. The van der Waals surface area contributed by atoms with E-state index in [1.165, 1.54) is 32.1 Å². The molecule has 22 heavy (non-hydrogen) atoms. The van der Waals surface area contributed by atoms with E-state index in [0.717, 1.165) is 58.2 Å². The molecule has 3 aliphatic rings. The van der Waals surface area contributed by atoms with E-state index < -0.39 is 0 Å². The molecule has 2 aliphatic heterocycles. The zero-order chi connectivity index (χ0) is 15.4. The lowest BCUT2D eigenvalue weighted by atomic mass is 9.83. The van der Waals surface area contributed by atoms with Crippen LogP contribution in [0.1, 0.15) is 51.9 Å². The van der Waals surface area contributed by atoms with Crippen molar-refractivity contribution in [3.63, 3.8) is 0 Å². The first kappa shape index (κ1) is 16.3. The van der Waals surface area contributed by atoms with Gasteiger partial charge in [-0.1, -0.05) is 13.3 Å². The van der Waals surface area contributed by atoms with Crippen molar-refractivity contribution in [1.82, 2.24) is 9.80 Å². The number of amides is 1. The number of hydrogen-bond acceptors (Lipinski definition) is 3. The van der Waals surface area contributed by atoms with E-state index in [2.05, 4.69) is 16.7 Å². The first-order valence-corrected chi connectivity index (χ1v) is 9.38. The molecule has 1 aliphatic carbocycles. The summed E-state index contributed by atoms with van der Waals surface area (Å²) in [6.45, 7) is 8.19. The molecule has 4 nitrogen and oxygen atoms in total. The monoisotopic (exact) mass is 308 g/mol. The largest absolute Gasteiger partial charge is 0.379 e. The highest BCUT2D eigenvalue weighted by Crippen LogP contribution is 2.31. The van der Waals surface area contributed by atoms with Crippen molar-refractivity contribution in [2.24, 2.45) is 11.8 Å². The molecule has 2 saturated heterocycles. The lowest BCUT2D eigenvalue weighted by Crippen LogP contribution is -2.47. The quantitative estimate of drug-likeness (QED) is 0.803. The molecule has 3 fully saturated rings. The smallest absolute Gasteiger partial charge is 0.225 e. The highest BCUT2D eigenvalue weighted by Gasteiger charge is 2.33. The van der Waals surface area contributed by atoms with Crippen molar-refractivity contribution in [3.8, 4) is 0 Å². The van der Waals surface area contributed by atoms with Crippen molar-refractivity contribution in [2.75, 3.05) is 39.4 Å². The maximum Gasteiger partial charge on any atom is 0.225 e. The summed E-state index contributed by atoms with van der Waals surface area (Å²) in [5, 5.41) is 0. The molecule has 0 bridgehead atoms. The molecule has 3 rings (SSSR count). The van der Waals surface area contributed by atoms with Crippen LogP contribution in [0, 0.1) is 11.8 Å². The SMILES string of the molecule is CCC1CCN(C(=O)C2CCC(N3CCOCC3)CC2)CC1. The van der Waals surface area contributed by atoms with Crippen LogP contribution >= 0.6 is 0 Å².